The molecule has 1 aromatic rings. The van der Waals surface area contributed by atoms with Crippen LogP contribution in [-0.2, 0) is 30.9 Å². The predicted octanol–water partition coefficient (Wildman–Crippen LogP) is 3.70. The Morgan fingerprint density at radius 3 is 2.24 bits per heavy atom. The van der Waals surface area contributed by atoms with Crippen LogP contribution in [0.5, 0.6) is 0 Å². The molecule has 1 aromatic carbocycles. The largest absolute Gasteiger partial charge is 0.349 e. The van der Waals surface area contributed by atoms with Crippen LogP contribution < -0.4 is 0 Å². The molecule has 1 fully saturated rings. The lowest BCUT2D eigenvalue weighted by Crippen LogP contribution is -2.41. The number of carbonyl (C=O) groups excluding carboxylic acids is 2. The molecule has 0 heterocycles. The number of rotatable bonds is 6. The maximum Gasteiger partial charge on any atom is 0.218 e. The second kappa shape index (κ2) is 8.24. The van der Waals surface area contributed by atoms with E-state index in [0.29, 0.717) is 12.8 Å². The van der Waals surface area contributed by atoms with Crippen molar-refractivity contribution in [2.24, 2.45) is 11.8 Å². The van der Waals surface area contributed by atoms with Crippen LogP contribution in [0.25, 0.3) is 0 Å². The monoisotopic (exact) mass is 346 g/mol. The summed E-state index contributed by atoms with van der Waals surface area (Å²) in [4.78, 5) is 25.3. The SMILES string of the molecule is COC(OC)C(=O)C1CCCC(Cc2ccc(C(C)(C)C)cc2)C1=O. The minimum atomic E-state index is -0.946. The molecule has 138 valence electrons. The van der Waals surface area contributed by atoms with E-state index in [4.69, 9.17) is 9.47 Å². The van der Waals surface area contributed by atoms with Crippen LogP contribution in [-0.4, -0.2) is 32.1 Å². The summed E-state index contributed by atoms with van der Waals surface area (Å²) in [5, 5.41) is 0. The fourth-order valence-electron chi connectivity index (χ4n) is 3.54. The van der Waals surface area contributed by atoms with Crippen molar-refractivity contribution in [3.63, 3.8) is 0 Å². The van der Waals surface area contributed by atoms with Gasteiger partial charge in [0.15, 0.2) is 5.78 Å². The van der Waals surface area contributed by atoms with E-state index in [1.807, 2.05) is 0 Å². The molecule has 0 N–H and O–H groups in total. The molecule has 4 nitrogen and oxygen atoms in total. The van der Waals surface area contributed by atoms with E-state index in [1.54, 1.807) is 0 Å². The van der Waals surface area contributed by atoms with Crippen molar-refractivity contribution in [1.29, 1.82) is 0 Å². The number of ketones is 2. The second-order valence-electron chi connectivity index (χ2n) is 7.94. The van der Waals surface area contributed by atoms with E-state index in [1.165, 1.54) is 19.8 Å². The summed E-state index contributed by atoms with van der Waals surface area (Å²) < 4.78 is 10.1. The van der Waals surface area contributed by atoms with E-state index < -0.39 is 12.2 Å². The third-order valence-corrected chi connectivity index (χ3v) is 5.10. The summed E-state index contributed by atoms with van der Waals surface area (Å²) >= 11 is 0. The highest BCUT2D eigenvalue weighted by Crippen LogP contribution is 2.31. The first-order valence-corrected chi connectivity index (χ1v) is 9.00. The normalized spacial score (nSPS) is 21.6. The molecule has 1 saturated carbocycles. The van der Waals surface area contributed by atoms with E-state index in [9.17, 15) is 9.59 Å². The first-order chi connectivity index (χ1) is 11.8. The van der Waals surface area contributed by atoms with Crippen LogP contribution in [0.1, 0.15) is 51.2 Å². The lowest BCUT2D eigenvalue weighted by Gasteiger charge is -2.28. The topological polar surface area (TPSA) is 52.6 Å². The number of benzene rings is 1. The van der Waals surface area contributed by atoms with Crippen molar-refractivity contribution in [3.8, 4) is 0 Å². The van der Waals surface area contributed by atoms with Crippen LogP contribution in [0.15, 0.2) is 24.3 Å². The number of methoxy groups -OCH3 is 2. The lowest BCUT2D eigenvalue weighted by molar-refractivity contribution is -0.164. The first-order valence-electron chi connectivity index (χ1n) is 9.00. The van der Waals surface area contributed by atoms with Crippen LogP contribution in [0.4, 0.5) is 0 Å². The summed E-state index contributed by atoms with van der Waals surface area (Å²) in [6, 6.07) is 8.48. The average molecular weight is 346 g/mol. The van der Waals surface area contributed by atoms with E-state index >= 15 is 0 Å². The molecule has 0 aliphatic heterocycles. The van der Waals surface area contributed by atoms with Gasteiger partial charge in [-0.05, 0) is 35.8 Å². The fourth-order valence-corrected chi connectivity index (χ4v) is 3.54. The Morgan fingerprint density at radius 1 is 1.12 bits per heavy atom. The van der Waals surface area contributed by atoms with Gasteiger partial charge in [-0.25, -0.2) is 0 Å². The highest BCUT2D eigenvalue weighted by molar-refractivity contribution is 6.05. The average Bonchev–Trinajstić information content (AvgIpc) is 2.57. The molecule has 0 spiro atoms. The third kappa shape index (κ3) is 4.77. The number of Topliss-reactive ketones (excluding diaryl/α,β-unsaturated/α-hetero) is 2. The van der Waals surface area contributed by atoms with Crippen LogP contribution >= 0.6 is 0 Å². The zero-order chi connectivity index (χ0) is 18.6. The van der Waals surface area contributed by atoms with Gasteiger partial charge < -0.3 is 9.47 Å². The molecular formula is C21H30O4. The first kappa shape index (κ1) is 19.8. The molecule has 0 saturated heterocycles. The van der Waals surface area contributed by atoms with E-state index in [2.05, 4.69) is 45.0 Å². The van der Waals surface area contributed by atoms with Gasteiger partial charge in [0.2, 0.25) is 6.29 Å². The minimum absolute atomic E-state index is 0.0373. The van der Waals surface area contributed by atoms with E-state index in [-0.39, 0.29) is 22.9 Å². The Bertz CT molecular complexity index is 593. The maximum absolute atomic E-state index is 12.8. The van der Waals surface area contributed by atoms with Gasteiger partial charge in [-0.3, -0.25) is 9.59 Å². The molecule has 4 heteroatoms. The summed E-state index contributed by atoms with van der Waals surface area (Å²) in [6.45, 7) is 6.56. The zero-order valence-electron chi connectivity index (χ0n) is 16.0. The highest BCUT2D eigenvalue weighted by atomic mass is 16.7. The molecule has 0 radical (unpaired) electrons. The molecule has 0 bridgehead atoms. The smallest absolute Gasteiger partial charge is 0.218 e. The molecule has 0 amide bonds. The van der Waals surface area contributed by atoms with Crippen molar-refractivity contribution in [3.05, 3.63) is 35.4 Å². The van der Waals surface area contributed by atoms with Crippen molar-refractivity contribution in [1.82, 2.24) is 0 Å². The zero-order valence-corrected chi connectivity index (χ0v) is 16.0. The van der Waals surface area contributed by atoms with Gasteiger partial charge in [0.25, 0.3) is 0 Å². The number of hydrogen-bond donors (Lipinski definition) is 0. The Morgan fingerprint density at radius 2 is 1.72 bits per heavy atom. The summed E-state index contributed by atoms with van der Waals surface area (Å²) in [6.07, 6.45) is 2.07. The highest BCUT2D eigenvalue weighted by Gasteiger charge is 2.38. The van der Waals surface area contributed by atoms with Gasteiger partial charge in [0.1, 0.15) is 5.78 Å². The van der Waals surface area contributed by atoms with Crippen molar-refractivity contribution in [2.75, 3.05) is 14.2 Å². The number of hydrogen-bond acceptors (Lipinski definition) is 4. The van der Waals surface area contributed by atoms with Gasteiger partial charge in [-0.2, -0.15) is 0 Å². The van der Waals surface area contributed by atoms with Crippen LogP contribution in [0.2, 0.25) is 0 Å². The molecule has 2 unspecified atom stereocenters. The van der Waals surface area contributed by atoms with Gasteiger partial charge in [-0.1, -0.05) is 51.5 Å². The molecule has 2 atom stereocenters. The Hall–Kier alpha value is -1.52. The van der Waals surface area contributed by atoms with E-state index in [0.717, 1.165) is 18.4 Å². The molecule has 25 heavy (non-hydrogen) atoms. The fraction of sp³-hybridized carbons (Fsp3) is 0.619. The predicted molar refractivity (Wildman–Crippen MR) is 97.5 cm³/mol. The second-order valence-corrected chi connectivity index (χ2v) is 7.94. The Labute approximate surface area is 150 Å². The maximum atomic E-state index is 12.8. The minimum Gasteiger partial charge on any atom is -0.349 e. The molecule has 2 rings (SSSR count). The van der Waals surface area contributed by atoms with Crippen LogP contribution in [0, 0.1) is 11.8 Å². The lowest BCUT2D eigenvalue weighted by atomic mass is 9.75. The molecule has 0 aromatic heterocycles. The standard InChI is InChI=1S/C21H30O4/c1-21(2,3)16-11-9-14(10-12-16)13-15-7-6-8-17(18(15)22)19(23)20(24-4)25-5/h9-12,15,17,20H,6-8,13H2,1-5H3. The van der Waals surface area contributed by atoms with Crippen molar-refractivity contribution in [2.45, 2.75) is 58.2 Å². The van der Waals surface area contributed by atoms with Gasteiger partial charge in [0, 0.05) is 20.1 Å². The number of carbonyl (C=O) groups is 2. The summed E-state index contributed by atoms with van der Waals surface area (Å²) in [5.74, 6) is -0.909. The Balaban J connectivity index is 2.07. The summed E-state index contributed by atoms with van der Waals surface area (Å²) in [7, 11) is 2.85. The number of ether oxygens (including phenoxy) is 2. The van der Waals surface area contributed by atoms with Crippen LogP contribution in [0.3, 0.4) is 0 Å². The third-order valence-electron chi connectivity index (χ3n) is 5.10. The quantitative estimate of drug-likeness (QED) is 0.582. The van der Waals surface area contributed by atoms with Gasteiger partial charge in [0.05, 0.1) is 5.92 Å². The summed E-state index contributed by atoms with van der Waals surface area (Å²) in [5.41, 5.74) is 2.54. The van der Waals surface area contributed by atoms with Gasteiger partial charge >= 0.3 is 0 Å². The van der Waals surface area contributed by atoms with Crippen molar-refractivity contribution >= 4 is 11.6 Å². The molecule has 1 aliphatic carbocycles. The van der Waals surface area contributed by atoms with Crippen molar-refractivity contribution < 1.29 is 19.1 Å². The van der Waals surface area contributed by atoms with Gasteiger partial charge in [-0.15, -0.1) is 0 Å². The molecule has 1 aliphatic rings. The molecular weight excluding hydrogens is 316 g/mol. The Kier molecular flexibility index (Phi) is 6.53.